The Morgan fingerprint density at radius 1 is 1.00 bits per heavy atom. The average molecular weight is 409 g/mol. The van der Waals surface area contributed by atoms with Crippen molar-refractivity contribution in [2.45, 2.75) is 17.7 Å². The number of hydrogen-bond acceptors (Lipinski definition) is 5. The first-order chi connectivity index (χ1) is 13.2. The van der Waals surface area contributed by atoms with E-state index in [1.807, 2.05) is 0 Å². The Morgan fingerprint density at radius 3 is 2.21 bits per heavy atom. The number of aliphatic hydroxyl groups is 1. The molecule has 0 amide bonds. The maximum absolute atomic E-state index is 13.1. The zero-order valence-electron chi connectivity index (χ0n) is 14.2. The molecule has 3 rings (SSSR count). The fourth-order valence-electron chi connectivity index (χ4n) is 2.36. The van der Waals surface area contributed by atoms with Gasteiger partial charge in [-0.2, -0.15) is 13.2 Å². The third kappa shape index (κ3) is 4.29. The Bertz CT molecular complexity index is 1070. The number of aromatic nitrogens is 2. The second-order valence-electron chi connectivity index (χ2n) is 5.72. The van der Waals surface area contributed by atoms with Gasteiger partial charge in [-0.3, -0.25) is 4.72 Å². The SMILES string of the molecule is O=S(=O)(Nc1ncc(C(F)(F)F)nc1-c1ccc(CO)cc1)c1ccccc1. The predicted molar refractivity (Wildman–Crippen MR) is 95.6 cm³/mol. The first-order valence-electron chi connectivity index (χ1n) is 7.93. The van der Waals surface area contributed by atoms with E-state index in [2.05, 4.69) is 14.7 Å². The van der Waals surface area contributed by atoms with Crippen molar-refractivity contribution < 1.29 is 26.7 Å². The first-order valence-corrected chi connectivity index (χ1v) is 9.41. The topological polar surface area (TPSA) is 92.2 Å². The van der Waals surface area contributed by atoms with Crippen LogP contribution < -0.4 is 4.72 Å². The highest BCUT2D eigenvalue weighted by atomic mass is 32.2. The summed E-state index contributed by atoms with van der Waals surface area (Å²) in [6.45, 7) is -0.248. The monoisotopic (exact) mass is 409 g/mol. The molecule has 0 aliphatic rings. The Kier molecular flexibility index (Phi) is 5.34. The van der Waals surface area contributed by atoms with Crippen molar-refractivity contribution in [1.29, 1.82) is 0 Å². The van der Waals surface area contributed by atoms with E-state index in [0.29, 0.717) is 11.8 Å². The molecule has 3 aromatic rings. The van der Waals surface area contributed by atoms with E-state index in [9.17, 15) is 21.6 Å². The molecule has 0 radical (unpaired) electrons. The van der Waals surface area contributed by atoms with Gasteiger partial charge in [0.1, 0.15) is 5.69 Å². The number of benzene rings is 2. The summed E-state index contributed by atoms with van der Waals surface area (Å²) in [7, 11) is -4.08. The molecule has 2 N–H and O–H groups in total. The summed E-state index contributed by atoms with van der Waals surface area (Å²) in [5.41, 5.74) is -0.785. The summed E-state index contributed by atoms with van der Waals surface area (Å²) >= 11 is 0. The zero-order chi connectivity index (χ0) is 20.4. The number of nitrogens with one attached hydrogen (secondary N) is 1. The van der Waals surface area contributed by atoms with Crippen molar-refractivity contribution in [2.75, 3.05) is 4.72 Å². The standard InChI is InChI=1S/C18H14F3N3O3S/c19-18(20,21)15-10-22-17(24-28(26,27)14-4-2-1-3-5-14)16(23-15)13-8-6-12(11-25)7-9-13/h1-10,25H,11H2,(H,22,24). The molecule has 10 heteroatoms. The summed E-state index contributed by atoms with van der Waals surface area (Å²) in [5, 5.41) is 9.11. The molecule has 0 unspecified atom stereocenters. The quantitative estimate of drug-likeness (QED) is 0.673. The minimum atomic E-state index is -4.75. The van der Waals surface area contributed by atoms with E-state index in [0.717, 1.165) is 0 Å². The molecule has 0 fully saturated rings. The van der Waals surface area contributed by atoms with Gasteiger partial charge in [0.05, 0.1) is 17.7 Å². The summed E-state index contributed by atoms with van der Waals surface area (Å²) < 4.78 is 66.4. The van der Waals surface area contributed by atoms with Gasteiger partial charge in [0.2, 0.25) is 0 Å². The van der Waals surface area contributed by atoms with Crippen LogP contribution in [0.5, 0.6) is 0 Å². The van der Waals surface area contributed by atoms with E-state index in [-0.39, 0.29) is 28.6 Å². The lowest BCUT2D eigenvalue weighted by Gasteiger charge is -2.14. The predicted octanol–water partition coefficient (Wildman–Crippen LogP) is 3.46. The molecule has 28 heavy (non-hydrogen) atoms. The van der Waals surface area contributed by atoms with Gasteiger partial charge < -0.3 is 5.11 Å². The summed E-state index contributed by atoms with van der Waals surface area (Å²) in [4.78, 5) is 7.15. The van der Waals surface area contributed by atoms with Crippen LogP contribution in [0.15, 0.2) is 65.7 Å². The van der Waals surface area contributed by atoms with E-state index >= 15 is 0 Å². The van der Waals surface area contributed by atoms with Crippen LogP contribution in [0.1, 0.15) is 11.3 Å². The molecule has 0 bridgehead atoms. The van der Waals surface area contributed by atoms with Crippen LogP contribution in [0.3, 0.4) is 0 Å². The molecule has 2 aromatic carbocycles. The largest absolute Gasteiger partial charge is 0.434 e. The molecule has 1 heterocycles. The van der Waals surface area contributed by atoms with Gasteiger partial charge in [-0.05, 0) is 17.7 Å². The highest BCUT2D eigenvalue weighted by molar-refractivity contribution is 7.92. The number of anilines is 1. The zero-order valence-corrected chi connectivity index (χ0v) is 15.0. The number of halogens is 3. The lowest BCUT2D eigenvalue weighted by atomic mass is 10.1. The number of rotatable bonds is 5. The number of nitrogens with zero attached hydrogens (tertiary/aromatic N) is 2. The van der Waals surface area contributed by atoms with Gasteiger partial charge in [-0.25, -0.2) is 18.4 Å². The lowest BCUT2D eigenvalue weighted by Crippen LogP contribution is -2.17. The van der Waals surface area contributed by atoms with Crippen LogP contribution in [0.25, 0.3) is 11.3 Å². The van der Waals surface area contributed by atoms with Crippen molar-refractivity contribution in [3.05, 3.63) is 72.1 Å². The van der Waals surface area contributed by atoms with Crippen molar-refractivity contribution >= 4 is 15.8 Å². The highest BCUT2D eigenvalue weighted by Gasteiger charge is 2.34. The summed E-state index contributed by atoms with van der Waals surface area (Å²) in [6, 6.07) is 13.2. The Hall–Kier alpha value is -2.98. The van der Waals surface area contributed by atoms with Crippen LogP contribution in [-0.2, 0) is 22.8 Å². The smallest absolute Gasteiger partial charge is 0.392 e. The van der Waals surface area contributed by atoms with Gasteiger partial charge in [-0.15, -0.1) is 0 Å². The second-order valence-corrected chi connectivity index (χ2v) is 7.41. The highest BCUT2D eigenvalue weighted by Crippen LogP contribution is 2.32. The maximum Gasteiger partial charge on any atom is 0.434 e. The molecule has 0 spiro atoms. The Morgan fingerprint density at radius 2 is 1.64 bits per heavy atom. The third-order valence-electron chi connectivity index (χ3n) is 3.76. The van der Waals surface area contributed by atoms with Gasteiger partial charge in [-0.1, -0.05) is 42.5 Å². The first kappa shape index (κ1) is 19.8. The van der Waals surface area contributed by atoms with E-state index in [4.69, 9.17) is 5.11 Å². The average Bonchev–Trinajstić information content (AvgIpc) is 2.68. The fourth-order valence-corrected chi connectivity index (χ4v) is 3.39. The molecular weight excluding hydrogens is 395 g/mol. The van der Waals surface area contributed by atoms with E-state index < -0.39 is 21.9 Å². The molecule has 0 atom stereocenters. The molecule has 146 valence electrons. The molecule has 1 aromatic heterocycles. The van der Waals surface area contributed by atoms with Crippen LogP contribution in [-0.4, -0.2) is 23.5 Å². The van der Waals surface area contributed by atoms with Crippen molar-refractivity contribution in [3.63, 3.8) is 0 Å². The van der Waals surface area contributed by atoms with E-state index in [1.165, 1.54) is 48.5 Å². The number of sulfonamides is 1. The molecular formula is C18H14F3N3O3S. The van der Waals surface area contributed by atoms with Gasteiger partial charge in [0, 0.05) is 5.56 Å². The second kappa shape index (κ2) is 7.56. The Labute approximate surface area is 158 Å². The Balaban J connectivity index is 2.09. The molecule has 6 nitrogen and oxygen atoms in total. The number of alkyl halides is 3. The van der Waals surface area contributed by atoms with Crippen LogP contribution in [0, 0.1) is 0 Å². The van der Waals surface area contributed by atoms with Crippen molar-refractivity contribution in [3.8, 4) is 11.3 Å². The lowest BCUT2D eigenvalue weighted by molar-refractivity contribution is -0.141. The molecule has 0 aliphatic heterocycles. The van der Waals surface area contributed by atoms with Crippen molar-refractivity contribution in [1.82, 2.24) is 9.97 Å². The summed E-state index contributed by atoms with van der Waals surface area (Å²) in [5.74, 6) is -0.339. The van der Waals surface area contributed by atoms with Crippen LogP contribution in [0.2, 0.25) is 0 Å². The van der Waals surface area contributed by atoms with Crippen LogP contribution >= 0.6 is 0 Å². The molecule has 0 aliphatic carbocycles. The number of hydrogen-bond donors (Lipinski definition) is 2. The molecule has 0 saturated carbocycles. The van der Waals surface area contributed by atoms with Gasteiger partial charge in [0.25, 0.3) is 10.0 Å². The number of aliphatic hydroxyl groups excluding tert-OH is 1. The molecule has 0 saturated heterocycles. The normalized spacial score (nSPS) is 12.0. The minimum Gasteiger partial charge on any atom is -0.392 e. The van der Waals surface area contributed by atoms with Gasteiger partial charge >= 0.3 is 6.18 Å². The maximum atomic E-state index is 13.1. The summed E-state index contributed by atoms with van der Waals surface area (Å²) in [6.07, 6.45) is -4.28. The van der Waals surface area contributed by atoms with Gasteiger partial charge in [0.15, 0.2) is 11.5 Å². The fraction of sp³-hybridized carbons (Fsp3) is 0.111. The van der Waals surface area contributed by atoms with Crippen LogP contribution in [0.4, 0.5) is 19.0 Å². The van der Waals surface area contributed by atoms with E-state index in [1.54, 1.807) is 6.07 Å². The van der Waals surface area contributed by atoms with Crippen molar-refractivity contribution in [2.24, 2.45) is 0 Å². The third-order valence-corrected chi connectivity index (χ3v) is 5.11. The minimum absolute atomic E-state index is 0.0710.